The van der Waals surface area contributed by atoms with Crippen molar-refractivity contribution in [3.8, 4) is 0 Å². The molecule has 9 heteroatoms. The number of nitrogens with zero attached hydrogens (tertiary/aromatic N) is 5. The summed E-state index contributed by atoms with van der Waals surface area (Å²) < 4.78 is 0.782. The van der Waals surface area contributed by atoms with Crippen molar-refractivity contribution in [2.45, 2.75) is 4.34 Å². The molecule has 0 spiro atoms. The van der Waals surface area contributed by atoms with Crippen LogP contribution in [-0.4, -0.2) is 53.2 Å². The van der Waals surface area contributed by atoms with Gasteiger partial charge in [0.1, 0.15) is 12.1 Å². The molecule has 1 aliphatic heterocycles. The van der Waals surface area contributed by atoms with Gasteiger partial charge in [0.05, 0.1) is 0 Å². The first-order valence-electron chi connectivity index (χ1n) is 5.76. The third-order valence-electron chi connectivity index (χ3n) is 2.31. The van der Waals surface area contributed by atoms with E-state index in [1.165, 1.54) is 32.9 Å². The van der Waals surface area contributed by atoms with Gasteiger partial charge in [0.2, 0.25) is 5.13 Å². The van der Waals surface area contributed by atoms with Gasteiger partial charge in [-0.2, -0.15) is 0 Å². The van der Waals surface area contributed by atoms with Crippen molar-refractivity contribution < 1.29 is 9.63 Å². The molecule has 7 nitrogen and oxygen atoms in total. The maximum atomic E-state index is 11.8. The predicted molar refractivity (Wildman–Crippen MR) is 79.3 cm³/mol. The lowest BCUT2D eigenvalue weighted by Crippen LogP contribution is -2.36. The van der Waals surface area contributed by atoms with Crippen LogP contribution in [0.2, 0.25) is 0 Å². The third-order valence-corrected chi connectivity index (χ3v) is 4.42. The van der Waals surface area contributed by atoms with Crippen LogP contribution < -0.4 is 4.90 Å². The maximum Gasteiger partial charge on any atom is 0.325 e. The molecular formula is C11H15N5O2S2. The minimum absolute atomic E-state index is 0.134. The fourth-order valence-electron chi connectivity index (χ4n) is 1.31. The highest BCUT2D eigenvalue weighted by molar-refractivity contribution is 8.01. The smallest absolute Gasteiger partial charge is 0.325 e. The van der Waals surface area contributed by atoms with Gasteiger partial charge < -0.3 is 9.74 Å². The number of anilines is 1. The summed E-state index contributed by atoms with van der Waals surface area (Å²) in [6, 6.07) is -0.134. The van der Waals surface area contributed by atoms with Crippen molar-refractivity contribution in [1.82, 2.24) is 20.2 Å². The van der Waals surface area contributed by atoms with Gasteiger partial charge in [0.15, 0.2) is 4.34 Å². The van der Waals surface area contributed by atoms with Gasteiger partial charge in [0, 0.05) is 27.3 Å². The summed E-state index contributed by atoms with van der Waals surface area (Å²) in [7, 11) is 5.07. The molecule has 2 heterocycles. The van der Waals surface area contributed by atoms with E-state index in [1.807, 2.05) is 18.4 Å². The molecule has 0 fully saturated rings. The fraction of sp³-hybridized carbons (Fsp3) is 0.364. The van der Waals surface area contributed by atoms with Gasteiger partial charge in [-0.1, -0.05) is 23.1 Å². The van der Waals surface area contributed by atoms with Crippen molar-refractivity contribution in [3.63, 3.8) is 0 Å². The molecule has 1 aromatic rings. The Hall–Kier alpha value is -1.74. The zero-order valence-electron chi connectivity index (χ0n) is 11.4. The Labute approximate surface area is 125 Å². The SMILES string of the molecule is CN(C)C(=O)N(C)c1nnc(SCN2C=CC=CO2)s1. The molecule has 2 rings (SSSR count). The molecule has 0 bridgehead atoms. The zero-order valence-corrected chi connectivity index (χ0v) is 13.0. The highest BCUT2D eigenvalue weighted by Crippen LogP contribution is 2.28. The fourth-order valence-corrected chi connectivity index (χ4v) is 2.95. The summed E-state index contributed by atoms with van der Waals surface area (Å²) in [4.78, 5) is 20.0. The van der Waals surface area contributed by atoms with Crippen molar-refractivity contribution in [1.29, 1.82) is 0 Å². The van der Waals surface area contributed by atoms with Gasteiger partial charge in [-0.3, -0.25) is 4.90 Å². The molecule has 0 atom stereocenters. The molecule has 0 radical (unpaired) electrons. The molecule has 2 amide bonds. The quantitative estimate of drug-likeness (QED) is 0.626. The summed E-state index contributed by atoms with van der Waals surface area (Å²) in [5.74, 6) is 0.598. The lowest BCUT2D eigenvalue weighted by molar-refractivity contribution is -0.0408. The summed E-state index contributed by atoms with van der Waals surface area (Å²) >= 11 is 2.86. The Kier molecular flexibility index (Phi) is 4.85. The first-order valence-corrected chi connectivity index (χ1v) is 7.56. The number of hydrogen-bond donors (Lipinski definition) is 0. The second kappa shape index (κ2) is 6.62. The highest BCUT2D eigenvalue weighted by atomic mass is 32.2. The molecule has 0 N–H and O–H groups in total. The number of rotatable bonds is 4. The second-order valence-corrected chi connectivity index (χ2v) is 6.20. The van der Waals surface area contributed by atoms with Crippen molar-refractivity contribution >= 4 is 34.3 Å². The standard InChI is InChI=1S/C11H15N5O2S2/c1-14(2)11(17)15(3)9-12-13-10(20-9)19-8-16-6-4-5-7-18-16/h4-7H,8H2,1-3H3. The van der Waals surface area contributed by atoms with Gasteiger partial charge in [-0.15, -0.1) is 10.2 Å². The van der Waals surface area contributed by atoms with E-state index in [1.54, 1.807) is 32.5 Å². The van der Waals surface area contributed by atoms with E-state index < -0.39 is 0 Å². The van der Waals surface area contributed by atoms with Gasteiger partial charge >= 0.3 is 6.03 Å². The first kappa shape index (κ1) is 14.7. The Balaban J connectivity index is 1.90. The summed E-state index contributed by atoms with van der Waals surface area (Å²) in [5.41, 5.74) is 0. The molecule has 0 aromatic carbocycles. The number of carbonyl (C=O) groups excluding carboxylic acids is 1. The molecule has 1 aliphatic rings. The average Bonchev–Trinajstić information content (AvgIpc) is 2.93. The number of hydroxylamine groups is 2. The largest absolute Gasteiger partial charge is 0.387 e. The highest BCUT2D eigenvalue weighted by Gasteiger charge is 2.17. The Morgan fingerprint density at radius 2 is 2.20 bits per heavy atom. The average molecular weight is 313 g/mol. The molecule has 0 unspecified atom stereocenters. The topological polar surface area (TPSA) is 61.8 Å². The minimum Gasteiger partial charge on any atom is -0.387 e. The van der Waals surface area contributed by atoms with Crippen molar-refractivity contribution in [2.75, 3.05) is 31.9 Å². The van der Waals surface area contributed by atoms with Crippen LogP contribution in [0.1, 0.15) is 0 Å². The van der Waals surface area contributed by atoms with Crippen LogP contribution in [-0.2, 0) is 4.84 Å². The first-order chi connectivity index (χ1) is 9.58. The lowest BCUT2D eigenvalue weighted by Gasteiger charge is -2.18. The van der Waals surface area contributed by atoms with Crippen molar-refractivity contribution in [2.24, 2.45) is 0 Å². The Morgan fingerprint density at radius 3 is 2.85 bits per heavy atom. The minimum atomic E-state index is -0.134. The number of carbonyl (C=O) groups is 1. The number of amides is 2. The predicted octanol–water partition coefficient (Wildman–Crippen LogP) is 1.98. The molecule has 0 saturated heterocycles. The molecule has 108 valence electrons. The molecular weight excluding hydrogens is 298 g/mol. The number of aromatic nitrogens is 2. The van der Waals surface area contributed by atoms with Crippen LogP contribution in [0, 0.1) is 0 Å². The number of thioether (sulfide) groups is 1. The number of urea groups is 1. The van der Waals surface area contributed by atoms with Crippen LogP contribution >= 0.6 is 23.1 Å². The van der Waals surface area contributed by atoms with Gasteiger partial charge in [-0.05, 0) is 12.2 Å². The second-order valence-electron chi connectivity index (χ2n) is 4.05. The van der Waals surface area contributed by atoms with Crippen LogP contribution in [0.5, 0.6) is 0 Å². The van der Waals surface area contributed by atoms with Crippen LogP contribution in [0.3, 0.4) is 0 Å². The Bertz CT molecular complexity index is 529. The lowest BCUT2D eigenvalue weighted by atomic mass is 10.6. The van der Waals surface area contributed by atoms with Gasteiger partial charge in [0.25, 0.3) is 0 Å². The van der Waals surface area contributed by atoms with Crippen LogP contribution in [0.25, 0.3) is 0 Å². The summed E-state index contributed by atoms with van der Waals surface area (Å²) in [6.07, 6.45) is 7.14. The van der Waals surface area contributed by atoms with E-state index in [-0.39, 0.29) is 6.03 Å². The summed E-state index contributed by atoms with van der Waals surface area (Å²) in [6.45, 7) is 0. The normalized spacial score (nSPS) is 13.2. The van der Waals surface area contributed by atoms with E-state index in [9.17, 15) is 4.79 Å². The van der Waals surface area contributed by atoms with Crippen LogP contribution in [0.15, 0.2) is 29.0 Å². The maximum absolute atomic E-state index is 11.8. The zero-order chi connectivity index (χ0) is 14.5. The third kappa shape index (κ3) is 3.64. The number of allylic oxidation sites excluding steroid dienone is 2. The molecule has 0 saturated carbocycles. The van der Waals surface area contributed by atoms with Crippen molar-refractivity contribution in [3.05, 3.63) is 24.6 Å². The van der Waals surface area contributed by atoms with E-state index in [2.05, 4.69) is 10.2 Å². The summed E-state index contributed by atoms with van der Waals surface area (Å²) in [5, 5.41) is 10.3. The monoisotopic (exact) mass is 313 g/mol. The van der Waals surface area contributed by atoms with E-state index >= 15 is 0 Å². The molecule has 0 aliphatic carbocycles. The number of hydrogen-bond acceptors (Lipinski definition) is 7. The van der Waals surface area contributed by atoms with E-state index in [0.29, 0.717) is 11.0 Å². The van der Waals surface area contributed by atoms with Crippen LogP contribution in [0.4, 0.5) is 9.93 Å². The van der Waals surface area contributed by atoms with E-state index in [0.717, 1.165) is 4.34 Å². The molecule has 20 heavy (non-hydrogen) atoms. The van der Waals surface area contributed by atoms with Gasteiger partial charge in [-0.25, -0.2) is 9.86 Å². The van der Waals surface area contributed by atoms with E-state index in [4.69, 9.17) is 4.84 Å². The Morgan fingerprint density at radius 1 is 1.40 bits per heavy atom. The molecule has 1 aromatic heterocycles.